The minimum atomic E-state index is -4.35. The molecule has 2 unspecified atom stereocenters. The molecule has 0 aliphatic rings. The van der Waals surface area contributed by atoms with E-state index >= 15 is 0 Å². The highest BCUT2D eigenvalue weighted by Gasteiger charge is 2.26. The summed E-state index contributed by atoms with van der Waals surface area (Å²) in [6, 6.07) is 0. The van der Waals surface area contributed by atoms with Crippen LogP contribution in [0.3, 0.4) is 0 Å². The predicted molar refractivity (Wildman–Crippen MR) is 225 cm³/mol. The smallest absolute Gasteiger partial charge is 0.462 e. The molecule has 0 saturated heterocycles. The molecule has 0 amide bonds. The van der Waals surface area contributed by atoms with Crippen LogP contribution in [0.2, 0.25) is 0 Å². The van der Waals surface area contributed by atoms with E-state index in [1.165, 1.54) is 116 Å². The number of nitrogens with one attached hydrogen (secondary N) is 1. The Hall–Kier alpha value is -1.51. The van der Waals surface area contributed by atoms with Crippen molar-refractivity contribution in [2.45, 2.75) is 213 Å². The first-order valence-electron chi connectivity index (χ1n) is 22.3. The van der Waals surface area contributed by atoms with Gasteiger partial charge in [-0.15, -0.1) is 0 Å². The molecule has 0 aromatic rings. The predicted octanol–water partition coefficient (Wildman–Crippen LogP) is 12.6. The first-order chi connectivity index (χ1) is 26.3. The summed E-state index contributed by atoms with van der Waals surface area (Å²) in [5.41, 5.74) is 0. The van der Waals surface area contributed by atoms with Gasteiger partial charge in [-0.1, -0.05) is 173 Å². The Bertz CT molecular complexity index is 944. The fourth-order valence-electron chi connectivity index (χ4n) is 6.17. The van der Waals surface area contributed by atoms with Crippen LogP contribution in [0.15, 0.2) is 24.3 Å². The van der Waals surface area contributed by atoms with Crippen molar-refractivity contribution in [3.05, 3.63) is 24.3 Å². The molecule has 2 N–H and O–H groups in total. The summed E-state index contributed by atoms with van der Waals surface area (Å²) in [7, 11) is -2.65. The number of phosphoric ester groups is 1. The Morgan fingerprint density at radius 3 is 1.50 bits per heavy atom. The van der Waals surface area contributed by atoms with Crippen LogP contribution in [0.5, 0.6) is 0 Å². The van der Waals surface area contributed by atoms with Crippen molar-refractivity contribution in [3.8, 4) is 0 Å². The van der Waals surface area contributed by atoms with E-state index in [0.29, 0.717) is 13.0 Å². The normalized spacial score (nSPS) is 13.5. The average molecular weight is 786 g/mol. The second-order valence-corrected chi connectivity index (χ2v) is 16.3. The standard InChI is InChI=1S/C44H84NO8P/c1-4-6-8-10-12-14-16-18-20-21-23-25-27-29-31-33-35-37-44(47)53-42(41-52-54(48,49)51-39-38-45-3)40-50-43(46)36-34-32-30-28-26-24-22-19-17-15-13-11-9-7-5-2/h13,15,19,22,42,45H,4-12,14,16-18,20-21,23-41H2,1-3H3,(H,48,49)/b15-13-,22-19-. The number of esters is 2. The summed E-state index contributed by atoms with van der Waals surface area (Å²) < 4.78 is 33.2. The molecule has 10 heteroatoms. The van der Waals surface area contributed by atoms with Crippen LogP contribution in [-0.2, 0) is 32.7 Å². The van der Waals surface area contributed by atoms with Crippen LogP contribution in [0, 0.1) is 0 Å². The molecule has 0 heterocycles. The molecule has 0 bridgehead atoms. The summed E-state index contributed by atoms with van der Waals surface area (Å²) in [6.45, 7) is 4.21. The van der Waals surface area contributed by atoms with Crippen LogP contribution < -0.4 is 5.32 Å². The molecule has 0 radical (unpaired) electrons. The van der Waals surface area contributed by atoms with Gasteiger partial charge in [-0.2, -0.15) is 0 Å². The summed E-state index contributed by atoms with van der Waals surface area (Å²) in [4.78, 5) is 35.1. The number of likely N-dealkylation sites (N-methyl/N-ethyl adjacent to an activating group) is 1. The van der Waals surface area contributed by atoms with E-state index in [1.54, 1.807) is 7.05 Å². The highest BCUT2D eigenvalue weighted by atomic mass is 31.2. The van der Waals surface area contributed by atoms with Gasteiger partial charge in [0.15, 0.2) is 6.10 Å². The summed E-state index contributed by atoms with van der Waals surface area (Å²) in [5.74, 6) is -0.814. The topological polar surface area (TPSA) is 120 Å². The van der Waals surface area contributed by atoms with Crippen molar-refractivity contribution < 1.29 is 37.6 Å². The molecule has 9 nitrogen and oxygen atoms in total. The van der Waals surface area contributed by atoms with E-state index in [0.717, 1.165) is 57.8 Å². The van der Waals surface area contributed by atoms with Crippen LogP contribution in [-0.4, -0.2) is 56.3 Å². The van der Waals surface area contributed by atoms with E-state index in [4.69, 9.17) is 18.5 Å². The van der Waals surface area contributed by atoms with Gasteiger partial charge in [0.05, 0.1) is 13.2 Å². The summed E-state index contributed by atoms with van der Waals surface area (Å²) >= 11 is 0. The zero-order valence-corrected chi connectivity index (χ0v) is 36.1. The van der Waals surface area contributed by atoms with Crippen molar-refractivity contribution in [2.24, 2.45) is 0 Å². The first kappa shape index (κ1) is 52.5. The van der Waals surface area contributed by atoms with Gasteiger partial charge < -0.3 is 19.7 Å². The lowest BCUT2D eigenvalue weighted by molar-refractivity contribution is -0.161. The highest BCUT2D eigenvalue weighted by molar-refractivity contribution is 7.47. The Kier molecular flexibility index (Phi) is 40.0. The molecular formula is C44H84NO8P. The zero-order valence-electron chi connectivity index (χ0n) is 35.2. The monoisotopic (exact) mass is 786 g/mol. The van der Waals surface area contributed by atoms with E-state index in [-0.39, 0.29) is 32.0 Å². The third kappa shape index (κ3) is 40.2. The number of phosphoric acid groups is 1. The molecular weight excluding hydrogens is 701 g/mol. The molecule has 0 aliphatic carbocycles. The number of carbonyl (C=O) groups is 2. The number of hydrogen-bond donors (Lipinski definition) is 2. The number of carbonyl (C=O) groups excluding carboxylic acids is 2. The van der Waals surface area contributed by atoms with Crippen molar-refractivity contribution in [3.63, 3.8) is 0 Å². The van der Waals surface area contributed by atoms with Gasteiger partial charge in [0.1, 0.15) is 6.61 Å². The quantitative estimate of drug-likeness (QED) is 0.0270. The highest BCUT2D eigenvalue weighted by Crippen LogP contribution is 2.43. The van der Waals surface area contributed by atoms with E-state index < -0.39 is 26.5 Å². The van der Waals surface area contributed by atoms with Crippen molar-refractivity contribution >= 4 is 19.8 Å². The zero-order chi connectivity index (χ0) is 39.6. The lowest BCUT2D eigenvalue weighted by Crippen LogP contribution is -2.29. The molecule has 2 atom stereocenters. The van der Waals surface area contributed by atoms with Gasteiger partial charge in [-0.25, -0.2) is 4.57 Å². The largest absolute Gasteiger partial charge is 0.472 e. The Morgan fingerprint density at radius 2 is 1.00 bits per heavy atom. The molecule has 0 fully saturated rings. The minimum Gasteiger partial charge on any atom is -0.462 e. The Balaban J connectivity index is 4.20. The van der Waals surface area contributed by atoms with Crippen LogP contribution in [0.1, 0.15) is 206 Å². The van der Waals surface area contributed by atoms with E-state index in [1.807, 2.05) is 0 Å². The molecule has 54 heavy (non-hydrogen) atoms. The van der Waals surface area contributed by atoms with Gasteiger partial charge in [0, 0.05) is 19.4 Å². The molecule has 0 spiro atoms. The first-order valence-corrected chi connectivity index (χ1v) is 23.8. The van der Waals surface area contributed by atoms with Gasteiger partial charge in [0.25, 0.3) is 0 Å². The van der Waals surface area contributed by atoms with Crippen LogP contribution in [0.4, 0.5) is 0 Å². The van der Waals surface area contributed by atoms with Gasteiger partial charge >= 0.3 is 19.8 Å². The van der Waals surface area contributed by atoms with Crippen molar-refractivity contribution in [1.82, 2.24) is 5.32 Å². The molecule has 0 aliphatic heterocycles. The summed E-state index contributed by atoms with van der Waals surface area (Å²) in [6.07, 6.45) is 42.1. The lowest BCUT2D eigenvalue weighted by atomic mass is 10.0. The Labute approximate surface area is 332 Å². The van der Waals surface area contributed by atoms with Crippen LogP contribution >= 0.6 is 7.82 Å². The van der Waals surface area contributed by atoms with Gasteiger partial charge in [-0.3, -0.25) is 18.6 Å². The molecule has 0 aromatic carbocycles. The third-order valence-corrected chi connectivity index (χ3v) is 10.6. The van der Waals surface area contributed by atoms with Crippen molar-refractivity contribution in [1.29, 1.82) is 0 Å². The Morgan fingerprint density at radius 1 is 0.574 bits per heavy atom. The number of rotatable bonds is 42. The minimum absolute atomic E-state index is 0.0173. The van der Waals surface area contributed by atoms with E-state index in [2.05, 4.69) is 43.5 Å². The molecule has 0 rings (SSSR count). The fourth-order valence-corrected chi connectivity index (χ4v) is 6.92. The lowest BCUT2D eigenvalue weighted by Gasteiger charge is -2.20. The molecule has 0 aromatic heterocycles. The van der Waals surface area contributed by atoms with Gasteiger partial charge in [-0.05, 0) is 52.0 Å². The number of ether oxygens (including phenoxy) is 2. The maximum absolute atomic E-state index is 12.6. The number of unbranched alkanes of at least 4 members (excludes halogenated alkanes) is 24. The SMILES string of the molecule is CCCCC/C=C\C/C=C\CCCCCCCC(=O)OCC(COP(=O)(O)OCCNC)OC(=O)CCCCCCCCCCCCCCCCCCC. The maximum atomic E-state index is 12.6. The third-order valence-electron chi connectivity index (χ3n) is 9.57. The van der Waals surface area contributed by atoms with Gasteiger partial charge in [0.2, 0.25) is 0 Å². The average Bonchev–Trinajstić information content (AvgIpc) is 3.15. The molecule has 0 saturated carbocycles. The number of allylic oxidation sites excluding steroid dienone is 4. The fraction of sp³-hybridized carbons (Fsp3) is 0.864. The van der Waals surface area contributed by atoms with Crippen LogP contribution in [0.25, 0.3) is 0 Å². The molecule has 318 valence electrons. The number of hydrogen-bond acceptors (Lipinski definition) is 8. The van der Waals surface area contributed by atoms with E-state index in [9.17, 15) is 19.0 Å². The van der Waals surface area contributed by atoms with Crippen molar-refractivity contribution in [2.75, 3.05) is 33.4 Å². The maximum Gasteiger partial charge on any atom is 0.472 e. The summed E-state index contributed by atoms with van der Waals surface area (Å²) in [5, 5.41) is 2.82. The second-order valence-electron chi connectivity index (χ2n) is 14.9. The second kappa shape index (κ2) is 41.1.